The minimum absolute atomic E-state index is 0.218. The van der Waals surface area contributed by atoms with Crippen molar-refractivity contribution in [3.63, 3.8) is 0 Å². The molecule has 0 heterocycles. The van der Waals surface area contributed by atoms with Crippen molar-refractivity contribution in [1.82, 2.24) is 0 Å². The Morgan fingerprint density at radius 1 is 1.42 bits per heavy atom. The second-order valence-corrected chi connectivity index (χ2v) is 3.55. The van der Waals surface area contributed by atoms with Crippen LogP contribution in [0.15, 0.2) is 0 Å². The van der Waals surface area contributed by atoms with E-state index < -0.39 is 12.1 Å². The molecule has 1 atom stereocenters. The van der Waals surface area contributed by atoms with Gasteiger partial charge in [0.2, 0.25) is 0 Å². The van der Waals surface area contributed by atoms with Gasteiger partial charge in [-0.3, -0.25) is 0 Å². The second-order valence-electron chi connectivity index (χ2n) is 3.55. The zero-order chi connectivity index (χ0) is 8.97. The highest BCUT2D eigenvalue weighted by atomic mass is 19.1. The Kier molecular flexibility index (Phi) is 3.50. The van der Waals surface area contributed by atoms with Gasteiger partial charge in [0, 0.05) is 0 Å². The zero-order valence-corrected chi connectivity index (χ0v) is 7.13. The van der Waals surface area contributed by atoms with Crippen LogP contribution in [-0.4, -0.2) is 17.2 Å². The Morgan fingerprint density at radius 2 is 2.00 bits per heavy atom. The topological polar surface area (TPSA) is 37.3 Å². The SMILES string of the molecule is O=C(O)[C@@H](F)CC1CCCCC1. The molecule has 1 N–H and O–H groups in total. The van der Waals surface area contributed by atoms with Crippen molar-refractivity contribution in [3.8, 4) is 0 Å². The minimum Gasteiger partial charge on any atom is -0.479 e. The van der Waals surface area contributed by atoms with Crippen LogP contribution in [0.1, 0.15) is 38.5 Å². The van der Waals surface area contributed by atoms with E-state index in [1.165, 1.54) is 6.42 Å². The standard InChI is InChI=1S/C9H15FO2/c10-8(9(11)12)6-7-4-2-1-3-5-7/h7-8H,1-6H2,(H,11,12)/t8-/m0/s1. The smallest absolute Gasteiger partial charge is 0.338 e. The normalized spacial score (nSPS) is 22.1. The van der Waals surface area contributed by atoms with Crippen LogP contribution < -0.4 is 0 Å². The number of hydrogen-bond acceptors (Lipinski definition) is 1. The van der Waals surface area contributed by atoms with Gasteiger partial charge in [0.05, 0.1) is 0 Å². The number of carbonyl (C=O) groups is 1. The Balaban J connectivity index is 2.24. The first kappa shape index (κ1) is 9.49. The van der Waals surface area contributed by atoms with E-state index >= 15 is 0 Å². The summed E-state index contributed by atoms with van der Waals surface area (Å²) in [5.41, 5.74) is 0. The van der Waals surface area contributed by atoms with E-state index in [0.29, 0.717) is 5.92 Å². The van der Waals surface area contributed by atoms with Gasteiger partial charge in [-0.05, 0) is 12.3 Å². The molecule has 1 rings (SSSR count). The first-order valence-corrected chi connectivity index (χ1v) is 4.57. The van der Waals surface area contributed by atoms with Crippen LogP contribution in [0.5, 0.6) is 0 Å². The quantitative estimate of drug-likeness (QED) is 0.713. The predicted molar refractivity (Wildman–Crippen MR) is 43.7 cm³/mol. The Morgan fingerprint density at radius 3 is 2.50 bits per heavy atom. The largest absolute Gasteiger partial charge is 0.479 e. The summed E-state index contributed by atoms with van der Waals surface area (Å²) in [5, 5.41) is 8.34. The number of halogens is 1. The van der Waals surface area contributed by atoms with E-state index in [1.807, 2.05) is 0 Å². The summed E-state index contributed by atoms with van der Waals surface area (Å²) in [5.74, 6) is -0.995. The van der Waals surface area contributed by atoms with Crippen LogP contribution in [0, 0.1) is 5.92 Å². The molecule has 0 unspecified atom stereocenters. The number of alkyl halides is 1. The monoisotopic (exact) mass is 174 g/mol. The van der Waals surface area contributed by atoms with Crippen molar-refractivity contribution < 1.29 is 14.3 Å². The lowest BCUT2D eigenvalue weighted by Crippen LogP contribution is -2.20. The summed E-state index contributed by atoms with van der Waals surface area (Å²) in [6.45, 7) is 0. The van der Waals surface area contributed by atoms with E-state index in [1.54, 1.807) is 0 Å². The highest BCUT2D eigenvalue weighted by Gasteiger charge is 2.22. The molecular formula is C9H15FO2. The van der Waals surface area contributed by atoms with Crippen molar-refractivity contribution in [2.75, 3.05) is 0 Å². The summed E-state index contributed by atoms with van der Waals surface area (Å²) >= 11 is 0. The van der Waals surface area contributed by atoms with Crippen LogP contribution in [0.2, 0.25) is 0 Å². The highest BCUT2D eigenvalue weighted by molar-refractivity contribution is 5.71. The van der Waals surface area contributed by atoms with Gasteiger partial charge in [0.15, 0.2) is 6.17 Å². The molecule has 0 aliphatic heterocycles. The van der Waals surface area contributed by atoms with Crippen LogP contribution in [-0.2, 0) is 4.79 Å². The van der Waals surface area contributed by atoms with E-state index in [-0.39, 0.29) is 6.42 Å². The summed E-state index contributed by atoms with van der Waals surface area (Å²) in [4.78, 5) is 10.2. The van der Waals surface area contributed by atoms with E-state index in [0.717, 1.165) is 25.7 Å². The Hall–Kier alpha value is -0.600. The van der Waals surface area contributed by atoms with Gasteiger partial charge in [-0.25, -0.2) is 9.18 Å². The average Bonchev–Trinajstić information content (AvgIpc) is 2.06. The third kappa shape index (κ3) is 2.80. The Bertz CT molecular complexity index is 153. The lowest BCUT2D eigenvalue weighted by Gasteiger charge is -2.21. The molecule has 0 bridgehead atoms. The maximum absolute atomic E-state index is 12.7. The minimum atomic E-state index is -1.65. The first-order valence-electron chi connectivity index (χ1n) is 4.57. The van der Waals surface area contributed by atoms with Crippen molar-refractivity contribution in [1.29, 1.82) is 0 Å². The van der Waals surface area contributed by atoms with Crippen molar-refractivity contribution in [3.05, 3.63) is 0 Å². The van der Waals surface area contributed by atoms with Crippen molar-refractivity contribution >= 4 is 5.97 Å². The second kappa shape index (κ2) is 4.43. The molecule has 0 radical (unpaired) electrons. The van der Waals surface area contributed by atoms with Gasteiger partial charge in [0.25, 0.3) is 0 Å². The van der Waals surface area contributed by atoms with Gasteiger partial charge < -0.3 is 5.11 Å². The lowest BCUT2D eigenvalue weighted by atomic mass is 9.86. The highest BCUT2D eigenvalue weighted by Crippen LogP contribution is 2.27. The van der Waals surface area contributed by atoms with Crippen LogP contribution >= 0.6 is 0 Å². The summed E-state index contributed by atoms with van der Waals surface area (Å²) in [7, 11) is 0. The average molecular weight is 174 g/mol. The van der Waals surface area contributed by atoms with E-state index in [9.17, 15) is 9.18 Å². The summed E-state index contributed by atoms with van der Waals surface area (Å²) < 4.78 is 12.7. The van der Waals surface area contributed by atoms with Gasteiger partial charge in [-0.15, -0.1) is 0 Å². The molecule has 3 heteroatoms. The maximum Gasteiger partial charge on any atom is 0.338 e. The van der Waals surface area contributed by atoms with Crippen LogP contribution in [0.3, 0.4) is 0 Å². The summed E-state index contributed by atoms with van der Waals surface area (Å²) in [6, 6.07) is 0. The molecule has 1 saturated carbocycles. The Labute approximate surface area is 71.8 Å². The zero-order valence-electron chi connectivity index (χ0n) is 7.13. The van der Waals surface area contributed by atoms with Gasteiger partial charge in [0.1, 0.15) is 0 Å². The third-order valence-corrected chi connectivity index (χ3v) is 2.53. The number of rotatable bonds is 3. The van der Waals surface area contributed by atoms with Gasteiger partial charge in [-0.2, -0.15) is 0 Å². The molecule has 0 spiro atoms. The number of carboxylic acid groups (broad SMARTS) is 1. The fourth-order valence-corrected chi connectivity index (χ4v) is 1.82. The molecule has 0 aromatic heterocycles. The fraction of sp³-hybridized carbons (Fsp3) is 0.889. The molecule has 70 valence electrons. The van der Waals surface area contributed by atoms with Crippen LogP contribution in [0.25, 0.3) is 0 Å². The molecule has 1 aliphatic rings. The number of hydrogen-bond donors (Lipinski definition) is 1. The molecule has 0 aromatic rings. The van der Waals surface area contributed by atoms with Crippen LogP contribution in [0.4, 0.5) is 4.39 Å². The van der Waals surface area contributed by atoms with Crippen molar-refractivity contribution in [2.24, 2.45) is 5.92 Å². The van der Waals surface area contributed by atoms with Crippen molar-refractivity contribution in [2.45, 2.75) is 44.7 Å². The van der Waals surface area contributed by atoms with Gasteiger partial charge in [-0.1, -0.05) is 32.1 Å². The molecule has 2 nitrogen and oxygen atoms in total. The molecule has 0 amide bonds. The molecule has 1 fully saturated rings. The third-order valence-electron chi connectivity index (χ3n) is 2.53. The molecule has 1 aliphatic carbocycles. The number of aliphatic carboxylic acids is 1. The molecule has 12 heavy (non-hydrogen) atoms. The molecule has 0 saturated heterocycles. The van der Waals surface area contributed by atoms with Gasteiger partial charge >= 0.3 is 5.97 Å². The predicted octanol–water partition coefficient (Wildman–Crippen LogP) is 2.38. The van der Waals surface area contributed by atoms with E-state index in [4.69, 9.17) is 5.11 Å². The lowest BCUT2D eigenvalue weighted by molar-refractivity contribution is -0.143. The maximum atomic E-state index is 12.7. The molecule has 0 aromatic carbocycles. The first-order chi connectivity index (χ1) is 5.70. The fourth-order valence-electron chi connectivity index (χ4n) is 1.82. The van der Waals surface area contributed by atoms with E-state index in [2.05, 4.69) is 0 Å². The summed E-state index contributed by atoms with van der Waals surface area (Å²) in [6.07, 6.45) is 4.08. The number of carboxylic acids is 1. The molecular weight excluding hydrogens is 159 g/mol.